The molecule has 2 heteroatoms. The number of nitrogens with zero attached hydrogens (tertiary/aromatic N) is 1. The fourth-order valence-electron chi connectivity index (χ4n) is 3.15. The van der Waals surface area contributed by atoms with Gasteiger partial charge in [0, 0.05) is 19.1 Å². The maximum absolute atomic E-state index is 3.53. The lowest BCUT2D eigenvalue weighted by atomic mass is 9.92. The maximum atomic E-state index is 3.53. The smallest absolute Gasteiger partial charge is 0.00418 e. The van der Waals surface area contributed by atoms with Gasteiger partial charge in [0.25, 0.3) is 0 Å². The van der Waals surface area contributed by atoms with Gasteiger partial charge in [0.2, 0.25) is 0 Å². The van der Waals surface area contributed by atoms with Crippen LogP contribution >= 0.6 is 0 Å². The zero-order chi connectivity index (χ0) is 10.9. The maximum Gasteiger partial charge on any atom is 0.00418 e. The summed E-state index contributed by atoms with van der Waals surface area (Å²) in [7, 11) is 0. The van der Waals surface area contributed by atoms with Gasteiger partial charge < -0.3 is 10.2 Å². The molecule has 2 aliphatic heterocycles. The highest BCUT2D eigenvalue weighted by Crippen LogP contribution is 2.30. The Bertz CT molecular complexity index is 213. The van der Waals surface area contributed by atoms with Crippen LogP contribution in [-0.4, -0.2) is 37.1 Å². The van der Waals surface area contributed by atoms with Crippen molar-refractivity contribution in [1.29, 1.82) is 0 Å². The van der Waals surface area contributed by atoms with Gasteiger partial charge in [-0.3, -0.25) is 0 Å². The average Bonchev–Trinajstić information content (AvgIpc) is 2.45. The highest BCUT2D eigenvalue weighted by atomic mass is 15.2. The van der Waals surface area contributed by atoms with Crippen LogP contribution in [0, 0.1) is 11.3 Å². The molecular formula is C13H26N2. The largest absolute Gasteiger partial charge is 0.314 e. The lowest BCUT2D eigenvalue weighted by Gasteiger charge is -2.31. The predicted octanol–water partition coefficient (Wildman–Crippen LogP) is 2.11. The second-order valence-corrected chi connectivity index (χ2v) is 6.39. The first-order chi connectivity index (χ1) is 7.05. The third-order valence-electron chi connectivity index (χ3n) is 4.01. The Morgan fingerprint density at radius 2 is 2.20 bits per heavy atom. The van der Waals surface area contributed by atoms with Crippen molar-refractivity contribution in [2.75, 3.05) is 26.2 Å². The lowest BCUT2D eigenvalue weighted by molar-refractivity contribution is 0.206. The molecule has 0 spiro atoms. The van der Waals surface area contributed by atoms with E-state index in [9.17, 15) is 0 Å². The normalized spacial score (nSPS) is 37.0. The number of hydrogen-bond donors (Lipinski definition) is 1. The quantitative estimate of drug-likeness (QED) is 0.751. The molecule has 2 saturated heterocycles. The first-order valence-electron chi connectivity index (χ1n) is 6.51. The zero-order valence-electron chi connectivity index (χ0n) is 10.6. The van der Waals surface area contributed by atoms with Crippen molar-refractivity contribution >= 4 is 0 Å². The van der Waals surface area contributed by atoms with Crippen LogP contribution < -0.4 is 5.32 Å². The molecule has 2 aliphatic rings. The zero-order valence-corrected chi connectivity index (χ0v) is 10.6. The molecule has 1 N–H and O–H groups in total. The molecule has 2 atom stereocenters. The summed E-state index contributed by atoms with van der Waals surface area (Å²) in [6.45, 7) is 12.3. The summed E-state index contributed by atoms with van der Waals surface area (Å²) < 4.78 is 0. The molecule has 0 amide bonds. The van der Waals surface area contributed by atoms with Gasteiger partial charge in [0.05, 0.1) is 0 Å². The molecule has 2 heterocycles. The minimum Gasteiger partial charge on any atom is -0.314 e. The monoisotopic (exact) mass is 210 g/mol. The number of likely N-dealkylation sites (tertiary alicyclic amines) is 1. The molecule has 2 unspecified atom stereocenters. The Morgan fingerprint density at radius 1 is 1.40 bits per heavy atom. The van der Waals surface area contributed by atoms with Gasteiger partial charge >= 0.3 is 0 Å². The van der Waals surface area contributed by atoms with Crippen LogP contribution in [-0.2, 0) is 0 Å². The number of piperidine rings is 1. The van der Waals surface area contributed by atoms with Crippen LogP contribution in [0.5, 0.6) is 0 Å². The van der Waals surface area contributed by atoms with Crippen LogP contribution in [0.15, 0.2) is 0 Å². The van der Waals surface area contributed by atoms with Gasteiger partial charge in [-0.25, -0.2) is 0 Å². The second-order valence-electron chi connectivity index (χ2n) is 6.39. The SMILES string of the molecule is CC1CC(CN2CCC(C)(C)C2)CCN1. The van der Waals surface area contributed by atoms with E-state index in [-0.39, 0.29) is 0 Å². The Morgan fingerprint density at radius 3 is 2.80 bits per heavy atom. The predicted molar refractivity (Wildman–Crippen MR) is 65.0 cm³/mol. The lowest BCUT2D eigenvalue weighted by Crippen LogP contribution is -2.40. The van der Waals surface area contributed by atoms with Gasteiger partial charge in [0.15, 0.2) is 0 Å². The summed E-state index contributed by atoms with van der Waals surface area (Å²) in [5.41, 5.74) is 0.568. The highest BCUT2D eigenvalue weighted by Gasteiger charge is 2.31. The summed E-state index contributed by atoms with van der Waals surface area (Å²) in [6.07, 6.45) is 4.13. The van der Waals surface area contributed by atoms with Gasteiger partial charge in [0.1, 0.15) is 0 Å². The number of rotatable bonds is 2. The topological polar surface area (TPSA) is 15.3 Å². The van der Waals surface area contributed by atoms with Gasteiger partial charge in [-0.2, -0.15) is 0 Å². The van der Waals surface area contributed by atoms with Crippen LogP contribution in [0.1, 0.15) is 40.0 Å². The molecule has 0 aromatic rings. The van der Waals surface area contributed by atoms with Crippen molar-refractivity contribution in [3.8, 4) is 0 Å². The van der Waals surface area contributed by atoms with E-state index in [4.69, 9.17) is 0 Å². The third-order valence-corrected chi connectivity index (χ3v) is 4.01. The minimum atomic E-state index is 0.568. The van der Waals surface area contributed by atoms with Gasteiger partial charge in [-0.1, -0.05) is 13.8 Å². The summed E-state index contributed by atoms with van der Waals surface area (Å²) in [5, 5.41) is 3.53. The van der Waals surface area contributed by atoms with Gasteiger partial charge in [-0.05, 0) is 50.6 Å². The molecule has 2 fully saturated rings. The second kappa shape index (κ2) is 4.42. The molecule has 0 aromatic carbocycles. The van der Waals surface area contributed by atoms with E-state index in [0.29, 0.717) is 5.41 Å². The highest BCUT2D eigenvalue weighted by molar-refractivity contribution is 4.85. The van der Waals surface area contributed by atoms with E-state index >= 15 is 0 Å². The standard InChI is InChI=1S/C13H26N2/c1-11-8-12(4-6-14-11)9-15-7-5-13(2,3)10-15/h11-12,14H,4-10H2,1-3H3. The first kappa shape index (κ1) is 11.4. The summed E-state index contributed by atoms with van der Waals surface area (Å²) in [4.78, 5) is 2.68. The molecule has 0 saturated carbocycles. The Kier molecular flexibility index (Phi) is 3.36. The molecule has 0 bridgehead atoms. The van der Waals surface area contributed by atoms with Gasteiger partial charge in [-0.15, -0.1) is 0 Å². The molecule has 0 aromatic heterocycles. The van der Waals surface area contributed by atoms with Crippen molar-refractivity contribution in [1.82, 2.24) is 10.2 Å². The molecule has 88 valence electrons. The van der Waals surface area contributed by atoms with Crippen LogP contribution in [0.4, 0.5) is 0 Å². The molecule has 2 nitrogen and oxygen atoms in total. The average molecular weight is 210 g/mol. The van der Waals surface area contributed by atoms with Crippen molar-refractivity contribution in [3.63, 3.8) is 0 Å². The fraction of sp³-hybridized carbons (Fsp3) is 1.00. The summed E-state index contributed by atoms with van der Waals surface area (Å²) >= 11 is 0. The van der Waals surface area contributed by atoms with E-state index < -0.39 is 0 Å². The van der Waals surface area contributed by atoms with Crippen molar-refractivity contribution in [2.24, 2.45) is 11.3 Å². The van der Waals surface area contributed by atoms with E-state index in [1.165, 1.54) is 45.4 Å². The van der Waals surface area contributed by atoms with E-state index in [1.54, 1.807) is 0 Å². The minimum absolute atomic E-state index is 0.568. The fourth-order valence-corrected chi connectivity index (χ4v) is 3.15. The molecule has 2 rings (SSSR count). The van der Waals surface area contributed by atoms with Crippen molar-refractivity contribution in [3.05, 3.63) is 0 Å². The van der Waals surface area contributed by atoms with E-state index in [0.717, 1.165) is 12.0 Å². The molecular weight excluding hydrogens is 184 g/mol. The third kappa shape index (κ3) is 3.18. The summed E-state index contributed by atoms with van der Waals surface area (Å²) in [6, 6.07) is 0.736. The number of hydrogen-bond acceptors (Lipinski definition) is 2. The van der Waals surface area contributed by atoms with Crippen LogP contribution in [0.25, 0.3) is 0 Å². The van der Waals surface area contributed by atoms with Crippen molar-refractivity contribution < 1.29 is 0 Å². The Hall–Kier alpha value is -0.0800. The van der Waals surface area contributed by atoms with E-state index in [1.807, 2.05) is 0 Å². The Labute approximate surface area is 94.4 Å². The van der Waals surface area contributed by atoms with E-state index in [2.05, 4.69) is 31.0 Å². The Balaban J connectivity index is 1.77. The first-order valence-corrected chi connectivity index (χ1v) is 6.51. The molecule has 15 heavy (non-hydrogen) atoms. The van der Waals surface area contributed by atoms with Crippen LogP contribution in [0.2, 0.25) is 0 Å². The van der Waals surface area contributed by atoms with Crippen molar-refractivity contribution in [2.45, 2.75) is 46.1 Å². The summed E-state index contributed by atoms with van der Waals surface area (Å²) in [5.74, 6) is 0.940. The number of nitrogens with one attached hydrogen (secondary N) is 1. The molecule has 0 aliphatic carbocycles. The van der Waals surface area contributed by atoms with Crippen LogP contribution in [0.3, 0.4) is 0 Å². The molecule has 0 radical (unpaired) electrons.